The number of carbonyl (C=O) groups excluding carboxylic acids is 1. The monoisotopic (exact) mass is 378 g/mol. The molecular formula is C24H30N2O2. The smallest absolute Gasteiger partial charge is 0.223 e. The summed E-state index contributed by atoms with van der Waals surface area (Å²) in [6, 6.07) is 15.0. The molecule has 4 heteroatoms. The van der Waals surface area contributed by atoms with Crippen molar-refractivity contribution >= 4 is 5.91 Å². The van der Waals surface area contributed by atoms with Crippen LogP contribution in [0.1, 0.15) is 49.7 Å². The van der Waals surface area contributed by atoms with Gasteiger partial charge in [0.2, 0.25) is 5.91 Å². The third-order valence-corrected chi connectivity index (χ3v) is 6.68. The van der Waals surface area contributed by atoms with Gasteiger partial charge in [-0.2, -0.15) is 0 Å². The lowest BCUT2D eigenvalue weighted by Gasteiger charge is -2.36. The molecule has 0 saturated carbocycles. The Bertz CT molecular complexity index is 780. The van der Waals surface area contributed by atoms with E-state index in [0.717, 1.165) is 44.9 Å². The highest BCUT2D eigenvalue weighted by Gasteiger charge is 2.56. The highest BCUT2D eigenvalue weighted by molar-refractivity contribution is 5.78. The Labute approximate surface area is 167 Å². The number of aliphatic hydroxyl groups excluding tert-OH is 1. The van der Waals surface area contributed by atoms with Crippen LogP contribution in [0.3, 0.4) is 0 Å². The Morgan fingerprint density at radius 3 is 2.68 bits per heavy atom. The summed E-state index contributed by atoms with van der Waals surface area (Å²) in [5.41, 5.74) is 2.32. The van der Waals surface area contributed by atoms with Gasteiger partial charge in [0.1, 0.15) is 0 Å². The molecule has 4 rings (SSSR count). The molecular weight excluding hydrogens is 348 g/mol. The summed E-state index contributed by atoms with van der Waals surface area (Å²) in [7, 11) is 0. The van der Waals surface area contributed by atoms with E-state index in [1.54, 1.807) is 6.20 Å². The number of aryl methyl sites for hydroxylation is 1. The van der Waals surface area contributed by atoms with Crippen LogP contribution >= 0.6 is 0 Å². The Kier molecular flexibility index (Phi) is 5.77. The maximum absolute atomic E-state index is 13.0. The van der Waals surface area contributed by atoms with Crippen LogP contribution in [0.25, 0.3) is 0 Å². The average molecular weight is 379 g/mol. The van der Waals surface area contributed by atoms with Crippen molar-refractivity contribution < 1.29 is 9.90 Å². The van der Waals surface area contributed by atoms with E-state index in [0.29, 0.717) is 12.5 Å². The molecule has 2 bridgehead atoms. The van der Waals surface area contributed by atoms with E-state index in [2.05, 4.69) is 40.2 Å². The first-order valence-corrected chi connectivity index (χ1v) is 10.6. The first-order chi connectivity index (χ1) is 13.7. The number of rotatable bonds is 8. The Morgan fingerprint density at radius 1 is 1.11 bits per heavy atom. The minimum atomic E-state index is -0.171. The number of fused-ring (bicyclic) bond motifs is 2. The maximum Gasteiger partial charge on any atom is 0.223 e. The van der Waals surface area contributed by atoms with Crippen molar-refractivity contribution in [1.29, 1.82) is 0 Å². The molecule has 0 spiro atoms. The number of nitrogens with zero attached hydrogens (tertiary/aromatic N) is 2. The van der Waals surface area contributed by atoms with Crippen LogP contribution in [0.5, 0.6) is 0 Å². The summed E-state index contributed by atoms with van der Waals surface area (Å²) >= 11 is 0. The fraction of sp³-hybridized carbons (Fsp3) is 0.500. The van der Waals surface area contributed by atoms with Crippen LogP contribution < -0.4 is 0 Å². The van der Waals surface area contributed by atoms with E-state index in [4.69, 9.17) is 0 Å². The molecule has 2 aliphatic heterocycles. The molecule has 2 fully saturated rings. The molecule has 4 nitrogen and oxygen atoms in total. The molecule has 2 aromatic rings. The van der Waals surface area contributed by atoms with Crippen LogP contribution in [0.15, 0.2) is 54.9 Å². The first-order valence-electron chi connectivity index (χ1n) is 10.6. The third kappa shape index (κ3) is 3.83. The third-order valence-electron chi connectivity index (χ3n) is 6.68. The van der Waals surface area contributed by atoms with Gasteiger partial charge in [-0.1, -0.05) is 36.4 Å². The number of unbranched alkanes of at least 4 members (excludes halogenated alkanes) is 1. The van der Waals surface area contributed by atoms with Crippen LogP contribution in [-0.4, -0.2) is 39.6 Å². The molecule has 0 aliphatic carbocycles. The first kappa shape index (κ1) is 19.1. The molecule has 1 amide bonds. The second-order valence-electron chi connectivity index (χ2n) is 8.50. The largest absolute Gasteiger partial charge is 0.396 e. The Balaban J connectivity index is 1.35. The minimum Gasteiger partial charge on any atom is -0.396 e. The van der Waals surface area contributed by atoms with Crippen molar-refractivity contribution in [2.45, 2.75) is 63.5 Å². The van der Waals surface area contributed by atoms with Gasteiger partial charge >= 0.3 is 0 Å². The fourth-order valence-corrected chi connectivity index (χ4v) is 5.37. The van der Waals surface area contributed by atoms with Crippen molar-refractivity contribution in [3.05, 3.63) is 66.0 Å². The molecule has 1 N–H and O–H groups in total. The number of amides is 1. The van der Waals surface area contributed by atoms with Gasteiger partial charge in [0, 0.05) is 36.3 Å². The van der Waals surface area contributed by atoms with E-state index < -0.39 is 0 Å². The zero-order valence-corrected chi connectivity index (χ0v) is 16.5. The second kappa shape index (κ2) is 8.44. The van der Waals surface area contributed by atoms with Gasteiger partial charge < -0.3 is 10.0 Å². The summed E-state index contributed by atoms with van der Waals surface area (Å²) in [4.78, 5) is 19.3. The quantitative estimate of drug-likeness (QED) is 0.711. The van der Waals surface area contributed by atoms with Gasteiger partial charge in [0.15, 0.2) is 0 Å². The van der Waals surface area contributed by atoms with Crippen molar-refractivity contribution in [2.75, 3.05) is 6.61 Å². The van der Waals surface area contributed by atoms with Gasteiger partial charge in [-0.25, -0.2) is 0 Å². The molecule has 28 heavy (non-hydrogen) atoms. The van der Waals surface area contributed by atoms with E-state index in [-0.39, 0.29) is 24.0 Å². The number of hydrogen-bond donors (Lipinski definition) is 1. The number of aromatic nitrogens is 1. The highest BCUT2D eigenvalue weighted by Crippen LogP contribution is 2.51. The molecule has 0 radical (unpaired) electrons. The van der Waals surface area contributed by atoms with E-state index in [9.17, 15) is 9.90 Å². The molecule has 3 heterocycles. The lowest BCUT2D eigenvalue weighted by molar-refractivity contribution is -0.133. The molecule has 1 aromatic carbocycles. The van der Waals surface area contributed by atoms with E-state index in [1.807, 2.05) is 18.3 Å². The lowest BCUT2D eigenvalue weighted by atomic mass is 9.70. The lowest BCUT2D eigenvalue weighted by Crippen LogP contribution is -2.43. The predicted octanol–water partition coefficient (Wildman–Crippen LogP) is 3.78. The van der Waals surface area contributed by atoms with Crippen molar-refractivity contribution in [3.63, 3.8) is 0 Å². The summed E-state index contributed by atoms with van der Waals surface area (Å²) in [6.07, 6.45) is 11.1. The highest BCUT2D eigenvalue weighted by atomic mass is 16.3. The van der Waals surface area contributed by atoms with Crippen molar-refractivity contribution in [1.82, 2.24) is 9.88 Å². The zero-order valence-electron chi connectivity index (χ0n) is 16.5. The SMILES string of the molecule is O=C(CCCCc1cccnc1)N1[C@@H]2CC[C@H]1[C@](CO)(Cc1ccccc1)C2. The van der Waals surface area contributed by atoms with Crippen LogP contribution in [0.4, 0.5) is 0 Å². The standard InChI is InChI=1S/C24H30N2O2/c27-18-24(15-19-7-2-1-3-8-19)16-21-12-13-22(24)26(21)23(28)11-5-4-9-20-10-6-14-25-17-20/h1-3,6-8,10,14,17,21-22,27H,4-5,9,11-13,15-16,18H2/t21-,22+,24-/m1/s1. The second-order valence-corrected chi connectivity index (χ2v) is 8.50. The normalized spacial score (nSPS) is 26.0. The number of pyridine rings is 1. The molecule has 3 atom stereocenters. The molecule has 148 valence electrons. The Morgan fingerprint density at radius 2 is 1.93 bits per heavy atom. The summed E-state index contributed by atoms with van der Waals surface area (Å²) in [5.74, 6) is 0.280. The maximum atomic E-state index is 13.0. The number of benzene rings is 1. The molecule has 2 aliphatic rings. The zero-order chi connectivity index (χ0) is 19.4. The van der Waals surface area contributed by atoms with Crippen molar-refractivity contribution in [3.8, 4) is 0 Å². The summed E-state index contributed by atoms with van der Waals surface area (Å²) in [5, 5.41) is 10.3. The number of aliphatic hydroxyl groups is 1. The average Bonchev–Trinajstić information content (AvgIpc) is 3.29. The summed E-state index contributed by atoms with van der Waals surface area (Å²) < 4.78 is 0. The molecule has 0 unspecified atom stereocenters. The van der Waals surface area contributed by atoms with Gasteiger partial charge in [-0.3, -0.25) is 9.78 Å². The van der Waals surface area contributed by atoms with Crippen LogP contribution in [0, 0.1) is 5.41 Å². The Hall–Kier alpha value is -2.20. The van der Waals surface area contributed by atoms with Gasteiger partial charge in [-0.05, 0) is 62.1 Å². The fourth-order valence-electron chi connectivity index (χ4n) is 5.37. The van der Waals surface area contributed by atoms with Gasteiger partial charge in [0.05, 0.1) is 6.61 Å². The summed E-state index contributed by atoms with van der Waals surface area (Å²) in [6.45, 7) is 0.161. The topological polar surface area (TPSA) is 53.4 Å². The van der Waals surface area contributed by atoms with Crippen LogP contribution in [0.2, 0.25) is 0 Å². The van der Waals surface area contributed by atoms with E-state index in [1.165, 1.54) is 11.1 Å². The van der Waals surface area contributed by atoms with Gasteiger partial charge in [-0.15, -0.1) is 0 Å². The van der Waals surface area contributed by atoms with Crippen molar-refractivity contribution in [2.24, 2.45) is 5.41 Å². The predicted molar refractivity (Wildman–Crippen MR) is 110 cm³/mol. The van der Waals surface area contributed by atoms with Gasteiger partial charge in [0.25, 0.3) is 0 Å². The number of hydrogen-bond acceptors (Lipinski definition) is 3. The van der Waals surface area contributed by atoms with E-state index >= 15 is 0 Å². The number of carbonyl (C=O) groups is 1. The molecule has 2 saturated heterocycles. The minimum absolute atomic E-state index is 0.161. The van der Waals surface area contributed by atoms with Crippen LogP contribution in [-0.2, 0) is 17.6 Å². The molecule has 1 aromatic heterocycles.